The molecule has 0 aliphatic heterocycles. The summed E-state index contributed by atoms with van der Waals surface area (Å²) in [5.74, 6) is 1.30. The summed E-state index contributed by atoms with van der Waals surface area (Å²) in [6.07, 6.45) is 2.17. The first-order chi connectivity index (χ1) is 9.83. The molecule has 0 heterocycles. The van der Waals surface area contributed by atoms with E-state index in [2.05, 4.69) is 17.3 Å². The van der Waals surface area contributed by atoms with Crippen LogP contribution in [0.1, 0.15) is 11.1 Å². The van der Waals surface area contributed by atoms with Crippen molar-refractivity contribution in [3.8, 4) is 11.5 Å². The highest BCUT2D eigenvalue weighted by atomic mass is 16.5. The van der Waals surface area contributed by atoms with Crippen LogP contribution in [0, 0.1) is 0 Å². The molecule has 0 amide bonds. The number of benzene rings is 2. The van der Waals surface area contributed by atoms with Crippen molar-refractivity contribution in [2.75, 3.05) is 13.7 Å². The van der Waals surface area contributed by atoms with E-state index in [0.29, 0.717) is 18.1 Å². The summed E-state index contributed by atoms with van der Waals surface area (Å²) in [6.45, 7) is 0.556. The molecule has 0 aliphatic carbocycles. The molecule has 0 saturated heterocycles. The van der Waals surface area contributed by atoms with E-state index in [1.165, 1.54) is 11.8 Å². The van der Waals surface area contributed by atoms with Crippen LogP contribution in [-0.2, 0) is 6.42 Å². The molecular formula is C16H17NO3. The minimum Gasteiger partial charge on any atom is -0.493 e. The minimum absolute atomic E-state index is 0.556. The van der Waals surface area contributed by atoms with Gasteiger partial charge in [0.1, 0.15) is 0 Å². The van der Waals surface area contributed by atoms with Crippen molar-refractivity contribution in [3.05, 3.63) is 59.7 Å². The molecule has 0 fully saturated rings. The zero-order valence-corrected chi connectivity index (χ0v) is 11.3. The molecule has 0 bridgehead atoms. The van der Waals surface area contributed by atoms with Gasteiger partial charge in [-0.3, -0.25) is 0 Å². The van der Waals surface area contributed by atoms with E-state index in [0.717, 1.165) is 12.0 Å². The molecule has 0 spiro atoms. The normalized spacial score (nSPS) is 10.7. The molecule has 0 unspecified atom stereocenters. The molecule has 0 radical (unpaired) electrons. The summed E-state index contributed by atoms with van der Waals surface area (Å²) in [7, 11) is 1.60. The lowest BCUT2D eigenvalue weighted by atomic mass is 10.2. The van der Waals surface area contributed by atoms with Crippen LogP contribution in [0.5, 0.6) is 11.5 Å². The summed E-state index contributed by atoms with van der Waals surface area (Å²) in [5, 5.41) is 11.6. The van der Waals surface area contributed by atoms with Crippen LogP contribution >= 0.6 is 0 Å². The van der Waals surface area contributed by atoms with Crippen molar-refractivity contribution in [2.24, 2.45) is 5.16 Å². The number of ether oxygens (including phenoxy) is 2. The predicted octanol–water partition coefficient (Wildman–Crippen LogP) is 3.12. The Hall–Kier alpha value is -2.49. The van der Waals surface area contributed by atoms with Gasteiger partial charge in [0.2, 0.25) is 0 Å². The molecule has 2 rings (SSSR count). The molecule has 2 aromatic carbocycles. The van der Waals surface area contributed by atoms with E-state index in [4.69, 9.17) is 14.7 Å². The standard InChI is InChI=1S/C16H17NO3/c1-19-15-8-7-14(12-17-18)11-16(15)20-10-9-13-5-3-2-4-6-13/h2-8,11-12,18H,9-10H2,1H3. The monoisotopic (exact) mass is 271 g/mol. The maximum absolute atomic E-state index is 8.56. The summed E-state index contributed by atoms with van der Waals surface area (Å²) in [5.41, 5.74) is 1.97. The van der Waals surface area contributed by atoms with Gasteiger partial charge in [-0.25, -0.2) is 0 Å². The van der Waals surface area contributed by atoms with Gasteiger partial charge in [-0.2, -0.15) is 0 Å². The first-order valence-electron chi connectivity index (χ1n) is 6.35. The summed E-state index contributed by atoms with van der Waals surface area (Å²) < 4.78 is 11.0. The second-order valence-corrected chi connectivity index (χ2v) is 4.24. The van der Waals surface area contributed by atoms with E-state index in [1.807, 2.05) is 18.2 Å². The number of nitrogens with zero attached hydrogens (tertiary/aromatic N) is 1. The average Bonchev–Trinajstić information content (AvgIpc) is 2.49. The molecule has 20 heavy (non-hydrogen) atoms. The highest BCUT2D eigenvalue weighted by Gasteiger charge is 2.05. The second kappa shape index (κ2) is 7.19. The predicted molar refractivity (Wildman–Crippen MR) is 78.0 cm³/mol. The second-order valence-electron chi connectivity index (χ2n) is 4.24. The van der Waals surface area contributed by atoms with Crippen molar-refractivity contribution < 1.29 is 14.7 Å². The number of hydrogen-bond acceptors (Lipinski definition) is 4. The number of oxime groups is 1. The summed E-state index contributed by atoms with van der Waals surface area (Å²) in [4.78, 5) is 0. The van der Waals surface area contributed by atoms with E-state index < -0.39 is 0 Å². The third-order valence-corrected chi connectivity index (χ3v) is 2.89. The molecule has 0 atom stereocenters. The zero-order chi connectivity index (χ0) is 14.2. The lowest BCUT2D eigenvalue weighted by molar-refractivity contribution is 0.297. The molecular weight excluding hydrogens is 254 g/mol. The van der Waals surface area contributed by atoms with Gasteiger partial charge >= 0.3 is 0 Å². The highest BCUT2D eigenvalue weighted by Crippen LogP contribution is 2.27. The Morgan fingerprint density at radius 2 is 1.90 bits per heavy atom. The van der Waals surface area contributed by atoms with Gasteiger partial charge in [0.05, 0.1) is 19.9 Å². The fourth-order valence-electron chi connectivity index (χ4n) is 1.88. The van der Waals surface area contributed by atoms with E-state index in [-0.39, 0.29) is 0 Å². The fraction of sp³-hybridized carbons (Fsp3) is 0.188. The van der Waals surface area contributed by atoms with Crippen LogP contribution in [0.25, 0.3) is 0 Å². The van der Waals surface area contributed by atoms with E-state index >= 15 is 0 Å². The maximum atomic E-state index is 8.56. The zero-order valence-electron chi connectivity index (χ0n) is 11.3. The van der Waals surface area contributed by atoms with E-state index in [9.17, 15) is 0 Å². The van der Waals surface area contributed by atoms with Crippen molar-refractivity contribution >= 4 is 6.21 Å². The van der Waals surface area contributed by atoms with Crippen LogP contribution < -0.4 is 9.47 Å². The third-order valence-electron chi connectivity index (χ3n) is 2.89. The number of rotatable bonds is 6. The molecule has 4 nitrogen and oxygen atoms in total. The summed E-state index contributed by atoms with van der Waals surface area (Å²) >= 11 is 0. The molecule has 2 aromatic rings. The van der Waals surface area contributed by atoms with E-state index in [1.54, 1.807) is 25.3 Å². The van der Waals surface area contributed by atoms with Crippen molar-refractivity contribution in [3.63, 3.8) is 0 Å². The number of hydrogen-bond donors (Lipinski definition) is 1. The Morgan fingerprint density at radius 1 is 1.10 bits per heavy atom. The topological polar surface area (TPSA) is 51.0 Å². The van der Waals surface area contributed by atoms with Crippen molar-refractivity contribution in [2.45, 2.75) is 6.42 Å². The quantitative estimate of drug-likeness (QED) is 0.499. The molecule has 104 valence electrons. The van der Waals surface area contributed by atoms with Crippen LogP contribution in [0.3, 0.4) is 0 Å². The van der Waals surface area contributed by atoms with Crippen molar-refractivity contribution in [1.82, 2.24) is 0 Å². The molecule has 0 saturated carbocycles. The van der Waals surface area contributed by atoms with Crippen LogP contribution in [-0.4, -0.2) is 25.1 Å². The van der Waals surface area contributed by atoms with Crippen molar-refractivity contribution in [1.29, 1.82) is 0 Å². The molecule has 1 N–H and O–H groups in total. The van der Waals surface area contributed by atoms with Gasteiger partial charge in [-0.15, -0.1) is 0 Å². The van der Waals surface area contributed by atoms with Gasteiger partial charge in [-0.05, 0) is 23.8 Å². The van der Waals surface area contributed by atoms with Gasteiger partial charge in [0.15, 0.2) is 11.5 Å². The Morgan fingerprint density at radius 3 is 2.60 bits per heavy atom. The lowest BCUT2D eigenvalue weighted by Gasteiger charge is -2.11. The van der Waals surface area contributed by atoms with Crippen LogP contribution in [0.15, 0.2) is 53.7 Å². The van der Waals surface area contributed by atoms with Crippen LogP contribution in [0.2, 0.25) is 0 Å². The third kappa shape index (κ3) is 3.75. The Labute approximate surface area is 118 Å². The number of methoxy groups -OCH3 is 1. The Bertz CT molecular complexity index is 567. The van der Waals surface area contributed by atoms with Crippen LogP contribution in [0.4, 0.5) is 0 Å². The first kappa shape index (κ1) is 13.9. The smallest absolute Gasteiger partial charge is 0.161 e. The lowest BCUT2D eigenvalue weighted by Crippen LogP contribution is -2.03. The minimum atomic E-state index is 0.556. The highest BCUT2D eigenvalue weighted by molar-refractivity contribution is 5.80. The Kier molecular flexibility index (Phi) is 5.00. The maximum Gasteiger partial charge on any atom is 0.161 e. The largest absolute Gasteiger partial charge is 0.493 e. The Balaban J connectivity index is 2.02. The molecule has 0 aliphatic rings. The van der Waals surface area contributed by atoms with Gasteiger partial charge < -0.3 is 14.7 Å². The molecule has 0 aromatic heterocycles. The van der Waals surface area contributed by atoms with Gasteiger partial charge in [-0.1, -0.05) is 35.5 Å². The molecule has 4 heteroatoms. The van der Waals surface area contributed by atoms with Gasteiger partial charge in [0.25, 0.3) is 0 Å². The summed E-state index contributed by atoms with van der Waals surface area (Å²) in [6, 6.07) is 15.5. The first-order valence-corrected chi connectivity index (χ1v) is 6.35. The van der Waals surface area contributed by atoms with Gasteiger partial charge in [0, 0.05) is 12.0 Å². The average molecular weight is 271 g/mol. The fourth-order valence-corrected chi connectivity index (χ4v) is 1.88. The SMILES string of the molecule is COc1ccc(C=NO)cc1OCCc1ccccc1.